The lowest BCUT2D eigenvalue weighted by molar-refractivity contribution is -0.119. The summed E-state index contributed by atoms with van der Waals surface area (Å²) in [5, 5.41) is 14.3. The Balaban J connectivity index is 1.60. The minimum absolute atomic E-state index is 0.0163. The molecule has 3 rings (SSSR count). The van der Waals surface area contributed by atoms with Gasteiger partial charge in [0.1, 0.15) is 17.1 Å². The fourth-order valence-electron chi connectivity index (χ4n) is 2.63. The Labute approximate surface area is 156 Å². The molecule has 0 fully saturated rings. The molecular weight excluding hydrogens is 346 g/mol. The number of fused-ring (bicyclic) bond motifs is 1. The van der Waals surface area contributed by atoms with Gasteiger partial charge < -0.3 is 19.9 Å². The summed E-state index contributed by atoms with van der Waals surface area (Å²) < 4.78 is 10.3. The van der Waals surface area contributed by atoms with E-state index in [1.807, 2.05) is 19.1 Å². The number of carbonyl (C=O) groups is 2. The molecule has 0 saturated carbocycles. The van der Waals surface area contributed by atoms with Crippen molar-refractivity contribution >= 4 is 28.3 Å². The first-order chi connectivity index (χ1) is 13.1. The fourth-order valence-corrected chi connectivity index (χ4v) is 2.63. The summed E-state index contributed by atoms with van der Waals surface area (Å²) in [5.41, 5.74) is 0.579. The maximum Gasteiger partial charge on any atom is 0.342 e. The lowest BCUT2D eigenvalue weighted by Crippen LogP contribution is -2.21. The molecule has 0 spiro atoms. The highest BCUT2D eigenvalue weighted by atomic mass is 16.5. The van der Waals surface area contributed by atoms with E-state index in [9.17, 15) is 14.7 Å². The van der Waals surface area contributed by atoms with Gasteiger partial charge in [0.25, 0.3) is 5.91 Å². The zero-order valence-electron chi connectivity index (χ0n) is 14.8. The molecule has 0 aliphatic rings. The first kappa shape index (κ1) is 18.3. The predicted molar refractivity (Wildman–Crippen MR) is 102 cm³/mol. The third-order valence-electron chi connectivity index (χ3n) is 3.90. The first-order valence-electron chi connectivity index (χ1n) is 8.49. The summed E-state index contributed by atoms with van der Waals surface area (Å²) in [6.45, 7) is 1.99. The Kier molecular flexibility index (Phi) is 5.56. The lowest BCUT2D eigenvalue weighted by Gasteiger charge is -2.09. The van der Waals surface area contributed by atoms with Crippen LogP contribution in [0.4, 0.5) is 5.69 Å². The molecule has 27 heavy (non-hydrogen) atoms. The van der Waals surface area contributed by atoms with E-state index in [0.717, 1.165) is 5.39 Å². The third kappa shape index (κ3) is 4.36. The van der Waals surface area contributed by atoms with E-state index in [4.69, 9.17) is 9.47 Å². The van der Waals surface area contributed by atoms with Crippen molar-refractivity contribution in [3.8, 4) is 11.5 Å². The SMILES string of the molecule is CCOc1ccc(NC(=O)COC(=O)c2ccc3ccccc3c2O)cc1. The molecule has 0 bridgehead atoms. The highest BCUT2D eigenvalue weighted by Gasteiger charge is 2.16. The van der Waals surface area contributed by atoms with Crippen molar-refractivity contribution in [2.24, 2.45) is 0 Å². The molecule has 3 aromatic rings. The van der Waals surface area contributed by atoms with E-state index in [0.29, 0.717) is 23.4 Å². The van der Waals surface area contributed by atoms with Gasteiger partial charge in [-0.25, -0.2) is 4.79 Å². The number of amides is 1. The maximum absolute atomic E-state index is 12.2. The van der Waals surface area contributed by atoms with Crippen molar-refractivity contribution in [3.05, 3.63) is 66.2 Å². The third-order valence-corrected chi connectivity index (χ3v) is 3.90. The van der Waals surface area contributed by atoms with Crippen LogP contribution in [-0.4, -0.2) is 30.2 Å². The Hall–Kier alpha value is -3.54. The molecule has 3 aromatic carbocycles. The summed E-state index contributed by atoms with van der Waals surface area (Å²) in [6, 6.07) is 17.2. The van der Waals surface area contributed by atoms with E-state index in [1.54, 1.807) is 42.5 Å². The fraction of sp³-hybridized carbons (Fsp3) is 0.143. The van der Waals surface area contributed by atoms with Gasteiger partial charge in [-0.2, -0.15) is 0 Å². The van der Waals surface area contributed by atoms with Crippen molar-refractivity contribution in [1.82, 2.24) is 0 Å². The van der Waals surface area contributed by atoms with Gasteiger partial charge >= 0.3 is 5.97 Å². The number of phenols is 1. The minimum atomic E-state index is -0.764. The van der Waals surface area contributed by atoms with Gasteiger partial charge in [0.15, 0.2) is 6.61 Å². The van der Waals surface area contributed by atoms with Crippen molar-refractivity contribution in [1.29, 1.82) is 0 Å². The van der Waals surface area contributed by atoms with E-state index in [-0.39, 0.29) is 11.3 Å². The van der Waals surface area contributed by atoms with Gasteiger partial charge in [0.05, 0.1) is 6.61 Å². The van der Waals surface area contributed by atoms with Gasteiger partial charge in [-0.1, -0.05) is 30.3 Å². The number of esters is 1. The molecule has 0 radical (unpaired) electrons. The van der Waals surface area contributed by atoms with E-state index < -0.39 is 18.5 Å². The van der Waals surface area contributed by atoms with Gasteiger partial charge in [-0.15, -0.1) is 0 Å². The van der Waals surface area contributed by atoms with E-state index >= 15 is 0 Å². The molecule has 6 heteroatoms. The van der Waals surface area contributed by atoms with Crippen molar-refractivity contribution in [2.75, 3.05) is 18.5 Å². The standard InChI is InChI=1S/C21H19NO5/c1-2-26-16-10-8-15(9-11-16)22-19(23)13-27-21(25)18-12-7-14-5-3-4-6-17(14)20(18)24/h3-12,24H,2,13H2,1H3,(H,22,23). The van der Waals surface area contributed by atoms with Gasteiger partial charge in [0, 0.05) is 11.1 Å². The molecule has 138 valence electrons. The quantitative estimate of drug-likeness (QED) is 0.650. The van der Waals surface area contributed by atoms with E-state index in [2.05, 4.69) is 5.32 Å². The van der Waals surface area contributed by atoms with Crippen LogP contribution in [0.5, 0.6) is 11.5 Å². The normalized spacial score (nSPS) is 10.4. The smallest absolute Gasteiger partial charge is 0.342 e. The number of phenolic OH excluding ortho intramolecular Hbond substituents is 1. The summed E-state index contributed by atoms with van der Waals surface area (Å²) >= 11 is 0. The molecule has 0 unspecified atom stereocenters. The van der Waals surface area contributed by atoms with Crippen LogP contribution >= 0.6 is 0 Å². The highest BCUT2D eigenvalue weighted by Crippen LogP contribution is 2.29. The van der Waals surface area contributed by atoms with Crippen molar-refractivity contribution in [3.63, 3.8) is 0 Å². The van der Waals surface area contributed by atoms with Gasteiger partial charge in [-0.3, -0.25) is 4.79 Å². The molecule has 1 amide bonds. The summed E-state index contributed by atoms with van der Waals surface area (Å²) in [4.78, 5) is 24.2. The summed E-state index contributed by atoms with van der Waals surface area (Å²) in [5.74, 6) is -0.702. The molecule has 2 N–H and O–H groups in total. The molecule has 6 nitrogen and oxygen atoms in total. The summed E-state index contributed by atoms with van der Waals surface area (Å²) in [6.07, 6.45) is 0. The number of hydrogen-bond donors (Lipinski definition) is 2. The van der Waals surface area contributed by atoms with Crippen molar-refractivity contribution < 1.29 is 24.2 Å². The molecular formula is C21H19NO5. The first-order valence-corrected chi connectivity index (χ1v) is 8.49. The number of benzene rings is 3. The summed E-state index contributed by atoms with van der Waals surface area (Å²) in [7, 11) is 0. The van der Waals surface area contributed by atoms with Crippen molar-refractivity contribution in [2.45, 2.75) is 6.92 Å². The Morgan fingerprint density at radius 2 is 1.74 bits per heavy atom. The second-order valence-corrected chi connectivity index (χ2v) is 5.76. The Morgan fingerprint density at radius 1 is 1.00 bits per heavy atom. The van der Waals surface area contributed by atoms with Crippen LogP contribution < -0.4 is 10.1 Å². The maximum atomic E-state index is 12.2. The van der Waals surface area contributed by atoms with Gasteiger partial charge in [0.2, 0.25) is 0 Å². The average molecular weight is 365 g/mol. The lowest BCUT2D eigenvalue weighted by atomic mass is 10.1. The number of hydrogen-bond acceptors (Lipinski definition) is 5. The van der Waals surface area contributed by atoms with Crippen LogP contribution in [0, 0.1) is 0 Å². The second-order valence-electron chi connectivity index (χ2n) is 5.76. The molecule has 0 aliphatic heterocycles. The number of carbonyl (C=O) groups excluding carboxylic acids is 2. The van der Waals surface area contributed by atoms with Crippen LogP contribution in [0.3, 0.4) is 0 Å². The monoisotopic (exact) mass is 365 g/mol. The molecule has 0 saturated heterocycles. The number of nitrogens with one attached hydrogen (secondary N) is 1. The Bertz CT molecular complexity index is 966. The molecule has 0 aliphatic carbocycles. The molecule has 0 atom stereocenters. The minimum Gasteiger partial charge on any atom is -0.506 e. The van der Waals surface area contributed by atoms with E-state index in [1.165, 1.54) is 6.07 Å². The molecule has 0 heterocycles. The second kappa shape index (κ2) is 8.23. The average Bonchev–Trinajstić information content (AvgIpc) is 2.68. The van der Waals surface area contributed by atoms with Crippen LogP contribution in [-0.2, 0) is 9.53 Å². The topological polar surface area (TPSA) is 84.9 Å². The van der Waals surface area contributed by atoms with Crippen LogP contribution in [0.25, 0.3) is 10.8 Å². The zero-order chi connectivity index (χ0) is 19.2. The van der Waals surface area contributed by atoms with Crippen LogP contribution in [0.1, 0.15) is 17.3 Å². The number of rotatable bonds is 6. The zero-order valence-corrected chi connectivity index (χ0v) is 14.8. The number of aromatic hydroxyl groups is 1. The largest absolute Gasteiger partial charge is 0.506 e. The van der Waals surface area contributed by atoms with Gasteiger partial charge in [-0.05, 0) is 42.6 Å². The number of anilines is 1. The number of ether oxygens (including phenoxy) is 2. The van der Waals surface area contributed by atoms with Crippen LogP contribution in [0.2, 0.25) is 0 Å². The predicted octanol–water partition coefficient (Wildman–Crippen LogP) is 3.74. The van der Waals surface area contributed by atoms with Crippen LogP contribution in [0.15, 0.2) is 60.7 Å². The highest BCUT2D eigenvalue weighted by molar-refractivity contribution is 6.02. The Morgan fingerprint density at radius 3 is 2.48 bits per heavy atom. The molecule has 0 aromatic heterocycles.